The van der Waals surface area contributed by atoms with Crippen LogP contribution in [0.1, 0.15) is 11.1 Å². The fourth-order valence-electron chi connectivity index (χ4n) is 2.82. The molecule has 1 heterocycles. The molecule has 1 saturated heterocycles. The van der Waals surface area contributed by atoms with Crippen LogP contribution in [0.25, 0.3) is 0 Å². The number of halogens is 4. The third kappa shape index (κ3) is 4.32. The summed E-state index contributed by atoms with van der Waals surface area (Å²) in [5.74, 6) is -1.49. The van der Waals surface area contributed by atoms with Crippen molar-refractivity contribution in [2.24, 2.45) is 0 Å². The van der Waals surface area contributed by atoms with E-state index in [4.69, 9.17) is 0 Å². The van der Waals surface area contributed by atoms with E-state index in [9.17, 15) is 22.4 Å². The number of rotatable bonds is 4. The van der Waals surface area contributed by atoms with Gasteiger partial charge >= 0.3 is 12.2 Å². The number of hydrogen-bond acceptors (Lipinski definition) is 2. The van der Waals surface area contributed by atoms with Crippen molar-refractivity contribution < 1.29 is 22.4 Å². The second kappa shape index (κ2) is 7.33. The van der Waals surface area contributed by atoms with Gasteiger partial charge in [-0.3, -0.25) is 4.90 Å². The molecule has 0 unspecified atom stereocenters. The second-order valence-electron chi connectivity index (χ2n) is 6.14. The number of nitrogens with one attached hydrogen (secondary N) is 2. The molecule has 0 bridgehead atoms. The van der Waals surface area contributed by atoms with E-state index in [0.29, 0.717) is 19.2 Å². The van der Waals surface area contributed by atoms with Crippen LogP contribution in [0.2, 0.25) is 0 Å². The van der Waals surface area contributed by atoms with E-state index in [1.165, 1.54) is 0 Å². The summed E-state index contributed by atoms with van der Waals surface area (Å²) in [7, 11) is 0. The SMILES string of the molecule is O=C(Nc1cccc(C(F)(F)F)c1F)NC1CN(Cc2ccccc2)C1. The number of alkyl halides is 3. The maximum absolute atomic E-state index is 13.9. The topological polar surface area (TPSA) is 44.4 Å². The summed E-state index contributed by atoms with van der Waals surface area (Å²) < 4.78 is 52.0. The van der Waals surface area contributed by atoms with Gasteiger partial charge in [0.25, 0.3) is 0 Å². The second-order valence-corrected chi connectivity index (χ2v) is 6.14. The van der Waals surface area contributed by atoms with Gasteiger partial charge in [0.15, 0.2) is 5.82 Å². The van der Waals surface area contributed by atoms with Gasteiger partial charge in [0.05, 0.1) is 17.3 Å². The van der Waals surface area contributed by atoms with Gasteiger partial charge in [0.1, 0.15) is 0 Å². The zero-order chi connectivity index (χ0) is 18.7. The third-order valence-corrected chi connectivity index (χ3v) is 4.09. The molecule has 0 aromatic heterocycles. The number of benzene rings is 2. The first-order valence-corrected chi connectivity index (χ1v) is 8.02. The number of carbonyl (C=O) groups is 1. The van der Waals surface area contributed by atoms with Gasteiger partial charge in [-0.2, -0.15) is 13.2 Å². The molecule has 0 atom stereocenters. The van der Waals surface area contributed by atoms with Crippen molar-refractivity contribution in [1.29, 1.82) is 0 Å². The molecule has 0 aliphatic carbocycles. The van der Waals surface area contributed by atoms with Crippen LogP contribution in [-0.2, 0) is 12.7 Å². The Morgan fingerprint density at radius 3 is 2.42 bits per heavy atom. The highest BCUT2D eigenvalue weighted by molar-refractivity contribution is 5.89. The Labute approximate surface area is 147 Å². The van der Waals surface area contributed by atoms with Crippen molar-refractivity contribution in [3.8, 4) is 0 Å². The highest BCUT2D eigenvalue weighted by Crippen LogP contribution is 2.33. The number of hydrogen-bond donors (Lipinski definition) is 2. The first-order valence-electron chi connectivity index (χ1n) is 8.02. The number of carbonyl (C=O) groups excluding carboxylic acids is 1. The molecule has 8 heteroatoms. The molecule has 0 radical (unpaired) electrons. The molecule has 0 saturated carbocycles. The van der Waals surface area contributed by atoms with E-state index < -0.39 is 29.3 Å². The number of likely N-dealkylation sites (tertiary alicyclic amines) is 1. The quantitative estimate of drug-likeness (QED) is 0.807. The molecule has 1 fully saturated rings. The van der Waals surface area contributed by atoms with Crippen LogP contribution in [0, 0.1) is 5.82 Å². The van der Waals surface area contributed by atoms with Crippen LogP contribution in [0.3, 0.4) is 0 Å². The molecule has 4 nitrogen and oxygen atoms in total. The van der Waals surface area contributed by atoms with Gasteiger partial charge in [-0.05, 0) is 17.7 Å². The van der Waals surface area contributed by atoms with Crippen LogP contribution < -0.4 is 10.6 Å². The number of urea groups is 1. The van der Waals surface area contributed by atoms with E-state index >= 15 is 0 Å². The first kappa shape index (κ1) is 18.2. The Hall–Kier alpha value is -2.61. The minimum Gasteiger partial charge on any atom is -0.333 e. The van der Waals surface area contributed by atoms with E-state index in [2.05, 4.69) is 15.5 Å². The molecule has 26 heavy (non-hydrogen) atoms. The van der Waals surface area contributed by atoms with Crippen LogP contribution in [0.5, 0.6) is 0 Å². The van der Waals surface area contributed by atoms with Crippen LogP contribution in [0.15, 0.2) is 48.5 Å². The van der Waals surface area contributed by atoms with Crippen molar-refractivity contribution in [2.45, 2.75) is 18.8 Å². The van der Waals surface area contributed by atoms with Gasteiger partial charge in [-0.15, -0.1) is 0 Å². The lowest BCUT2D eigenvalue weighted by molar-refractivity contribution is -0.139. The van der Waals surface area contributed by atoms with Gasteiger partial charge in [-0.25, -0.2) is 9.18 Å². The lowest BCUT2D eigenvalue weighted by Crippen LogP contribution is -2.59. The van der Waals surface area contributed by atoms with Crippen molar-refractivity contribution >= 4 is 11.7 Å². The summed E-state index contributed by atoms with van der Waals surface area (Å²) >= 11 is 0. The minimum absolute atomic E-state index is 0.132. The lowest BCUT2D eigenvalue weighted by Gasteiger charge is -2.39. The molecule has 2 amide bonds. The van der Waals surface area contributed by atoms with E-state index in [0.717, 1.165) is 24.2 Å². The standard InChI is InChI=1S/C18H17F4N3O/c19-16-14(18(20,21)22)7-4-8-15(16)24-17(26)23-13-10-25(11-13)9-12-5-2-1-3-6-12/h1-8,13H,9-11H2,(H2,23,24,26). The maximum atomic E-state index is 13.9. The van der Waals surface area contributed by atoms with Crippen LogP contribution >= 0.6 is 0 Å². The normalized spacial score (nSPS) is 15.4. The Bertz CT molecular complexity index is 774. The maximum Gasteiger partial charge on any atom is 0.419 e. The Balaban J connectivity index is 1.50. The van der Waals surface area contributed by atoms with Crippen LogP contribution in [-0.4, -0.2) is 30.1 Å². The number of nitrogens with zero attached hydrogens (tertiary/aromatic N) is 1. The van der Waals surface area contributed by atoms with Gasteiger partial charge in [0.2, 0.25) is 0 Å². The fourth-order valence-corrected chi connectivity index (χ4v) is 2.82. The molecule has 1 aliphatic heterocycles. The Kier molecular flexibility index (Phi) is 5.13. The number of anilines is 1. The highest BCUT2D eigenvalue weighted by Gasteiger charge is 2.35. The van der Waals surface area contributed by atoms with Crippen molar-refractivity contribution in [2.75, 3.05) is 18.4 Å². The Morgan fingerprint density at radius 2 is 1.77 bits per heavy atom. The number of amides is 2. The largest absolute Gasteiger partial charge is 0.419 e. The zero-order valence-corrected chi connectivity index (χ0v) is 13.7. The minimum atomic E-state index is -4.82. The lowest BCUT2D eigenvalue weighted by atomic mass is 10.1. The molecular weight excluding hydrogens is 350 g/mol. The molecule has 1 aliphatic rings. The summed E-state index contributed by atoms with van der Waals surface area (Å²) in [5.41, 5.74) is -0.757. The van der Waals surface area contributed by atoms with Crippen molar-refractivity contribution in [1.82, 2.24) is 10.2 Å². The van der Waals surface area contributed by atoms with E-state index in [1.807, 2.05) is 30.3 Å². The Morgan fingerprint density at radius 1 is 1.08 bits per heavy atom. The van der Waals surface area contributed by atoms with Gasteiger partial charge in [-0.1, -0.05) is 36.4 Å². The van der Waals surface area contributed by atoms with E-state index in [-0.39, 0.29) is 6.04 Å². The van der Waals surface area contributed by atoms with Crippen molar-refractivity contribution in [3.63, 3.8) is 0 Å². The summed E-state index contributed by atoms with van der Waals surface area (Å²) in [6.07, 6.45) is -4.82. The van der Waals surface area contributed by atoms with Crippen molar-refractivity contribution in [3.05, 3.63) is 65.5 Å². The molecule has 2 N–H and O–H groups in total. The average Bonchev–Trinajstić information content (AvgIpc) is 2.54. The molecule has 2 aromatic carbocycles. The summed E-state index contributed by atoms with van der Waals surface area (Å²) in [4.78, 5) is 14.0. The van der Waals surface area contributed by atoms with Gasteiger partial charge < -0.3 is 10.6 Å². The van der Waals surface area contributed by atoms with E-state index in [1.54, 1.807) is 0 Å². The molecule has 3 rings (SSSR count). The molecular formula is C18H17F4N3O. The predicted molar refractivity (Wildman–Crippen MR) is 89.1 cm³/mol. The average molecular weight is 367 g/mol. The molecule has 138 valence electrons. The third-order valence-electron chi connectivity index (χ3n) is 4.09. The molecule has 0 spiro atoms. The van der Waals surface area contributed by atoms with Crippen LogP contribution in [0.4, 0.5) is 28.0 Å². The monoisotopic (exact) mass is 367 g/mol. The zero-order valence-electron chi connectivity index (χ0n) is 13.7. The first-order chi connectivity index (χ1) is 12.3. The summed E-state index contributed by atoms with van der Waals surface area (Å²) in [6, 6.07) is 11.7. The molecule has 2 aromatic rings. The fraction of sp³-hybridized carbons (Fsp3) is 0.278. The predicted octanol–water partition coefficient (Wildman–Crippen LogP) is 3.85. The summed E-state index contributed by atoms with van der Waals surface area (Å²) in [5, 5.41) is 4.77. The van der Waals surface area contributed by atoms with Gasteiger partial charge in [0, 0.05) is 19.6 Å². The summed E-state index contributed by atoms with van der Waals surface area (Å²) in [6.45, 7) is 1.99. The smallest absolute Gasteiger partial charge is 0.333 e. The highest BCUT2D eigenvalue weighted by atomic mass is 19.4.